The monoisotopic (exact) mass is 390 g/mol. The Labute approximate surface area is 141 Å². The summed E-state index contributed by atoms with van der Waals surface area (Å²) in [5.74, 6) is 2.37. The Morgan fingerprint density at radius 1 is 1.22 bits per heavy atom. The molecule has 0 saturated heterocycles. The second-order valence-electron chi connectivity index (χ2n) is 4.82. The van der Waals surface area contributed by atoms with Crippen LogP contribution in [0.4, 0.5) is 0 Å². The molecule has 7 nitrogen and oxygen atoms in total. The van der Waals surface area contributed by atoms with Crippen molar-refractivity contribution in [3.63, 3.8) is 0 Å². The van der Waals surface area contributed by atoms with Gasteiger partial charge in [-0.15, -0.1) is 0 Å². The average Bonchev–Trinajstić information content (AvgIpc) is 3.32. The fourth-order valence-electron chi connectivity index (χ4n) is 2.33. The predicted molar refractivity (Wildman–Crippen MR) is 85.6 cm³/mol. The molecule has 23 heavy (non-hydrogen) atoms. The van der Waals surface area contributed by atoms with Crippen LogP contribution in [-0.2, 0) is 0 Å². The topological polar surface area (TPSA) is 74.7 Å². The van der Waals surface area contributed by atoms with E-state index in [0.29, 0.717) is 17.5 Å². The molecule has 5 rings (SSSR count). The molecule has 114 valence electrons. The lowest BCUT2D eigenvalue weighted by Gasteiger charge is -1.97. The van der Waals surface area contributed by atoms with Crippen LogP contribution in [0, 0.1) is 0 Å². The molecule has 1 aliphatic rings. The summed E-state index contributed by atoms with van der Waals surface area (Å²) in [4.78, 5) is 10.5. The first-order valence-corrected chi connectivity index (χ1v) is 8.25. The zero-order valence-corrected chi connectivity index (χ0v) is 13.8. The Morgan fingerprint density at radius 3 is 3.04 bits per heavy atom. The van der Waals surface area contributed by atoms with E-state index in [1.807, 2.05) is 28.8 Å². The van der Waals surface area contributed by atoms with Gasteiger partial charge in [0.25, 0.3) is 5.89 Å². The lowest BCUT2D eigenvalue weighted by atomic mass is 10.2. The number of thiazole rings is 1. The van der Waals surface area contributed by atoms with Crippen LogP contribution in [0.15, 0.2) is 39.7 Å². The summed E-state index contributed by atoms with van der Waals surface area (Å²) in [5.41, 5.74) is 0.812. The number of imidazole rings is 1. The number of hydrogen-bond donors (Lipinski definition) is 0. The minimum Gasteiger partial charge on any atom is -0.454 e. The molecule has 4 heterocycles. The van der Waals surface area contributed by atoms with Crippen LogP contribution >= 0.6 is 27.3 Å². The molecule has 0 fully saturated rings. The van der Waals surface area contributed by atoms with Crippen molar-refractivity contribution in [1.29, 1.82) is 0 Å². The van der Waals surface area contributed by atoms with E-state index in [0.717, 1.165) is 25.8 Å². The van der Waals surface area contributed by atoms with E-state index in [2.05, 4.69) is 31.1 Å². The number of nitrogens with zero attached hydrogens (tertiary/aromatic N) is 4. The number of aromatic nitrogens is 4. The summed E-state index contributed by atoms with van der Waals surface area (Å²) in [7, 11) is 0. The van der Waals surface area contributed by atoms with Crippen molar-refractivity contribution >= 4 is 32.2 Å². The number of hydrogen-bond acceptors (Lipinski definition) is 7. The highest BCUT2D eigenvalue weighted by molar-refractivity contribution is 9.10. The fraction of sp³-hybridized carbons (Fsp3) is 0.0714. The first-order chi connectivity index (χ1) is 11.3. The lowest BCUT2D eigenvalue weighted by Crippen LogP contribution is -1.92. The molecule has 0 amide bonds. The average molecular weight is 391 g/mol. The highest BCUT2D eigenvalue weighted by atomic mass is 79.9. The third-order valence-electron chi connectivity index (χ3n) is 3.43. The van der Waals surface area contributed by atoms with Gasteiger partial charge in [0, 0.05) is 11.8 Å². The number of fused-ring (bicyclic) bond motifs is 2. The Bertz CT molecular complexity index is 1040. The minimum atomic E-state index is 0.236. The van der Waals surface area contributed by atoms with Gasteiger partial charge in [-0.25, -0.2) is 4.98 Å². The second-order valence-corrected chi connectivity index (χ2v) is 6.64. The van der Waals surface area contributed by atoms with Gasteiger partial charge in [-0.05, 0) is 34.1 Å². The number of halogens is 1. The molecule has 1 aliphatic heterocycles. The van der Waals surface area contributed by atoms with E-state index in [-0.39, 0.29) is 6.79 Å². The molecule has 4 aromatic rings. The normalized spacial score (nSPS) is 13.1. The maximum atomic E-state index is 5.38. The molecule has 1 aromatic carbocycles. The molecule has 0 unspecified atom stereocenters. The predicted octanol–water partition coefficient (Wildman–Crippen LogP) is 3.60. The van der Waals surface area contributed by atoms with Crippen LogP contribution in [-0.4, -0.2) is 26.3 Å². The van der Waals surface area contributed by atoms with Gasteiger partial charge in [0.15, 0.2) is 16.5 Å². The second kappa shape index (κ2) is 4.80. The summed E-state index contributed by atoms with van der Waals surface area (Å²) in [6, 6.07) is 5.55. The van der Waals surface area contributed by atoms with Crippen LogP contribution < -0.4 is 9.47 Å². The summed E-state index contributed by atoms with van der Waals surface area (Å²) in [6.07, 6.45) is 3.66. The number of ether oxygens (including phenoxy) is 2. The molecule has 0 aliphatic carbocycles. The quantitative estimate of drug-likeness (QED) is 0.520. The summed E-state index contributed by atoms with van der Waals surface area (Å²) in [6.45, 7) is 0.236. The van der Waals surface area contributed by atoms with E-state index in [4.69, 9.17) is 14.0 Å². The van der Waals surface area contributed by atoms with Crippen LogP contribution in [0.3, 0.4) is 0 Å². The Kier molecular flexibility index (Phi) is 2.73. The van der Waals surface area contributed by atoms with Gasteiger partial charge >= 0.3 is 0 Å². The molecule has 0 saturated carbocycles. The smallest absolute Gasteiger partial charge is 0.269 e. The van der Waals surface area contributed by atoms with Crippen molar-refractivity contribution in [2.45, 2.75) is 0 Å². The molecular weight excluding hydrogens is 384 g/mol. The van der Waals surface area contributed by atoms with E-state index in [9.17, 15) is 0 Å². The van der Waals surface area contributed by atoms with Crippen LogP contribution in [0.1, 0.15) is 0 Å². The fourth-order valence-corrected chi connectivity index (χ4v) is 3.70. The van der Waals surface area contributed by atoms with E-state index >= 15 is 0 Å². The first-order valence-electron chi connectivity index (χ1n) is 6.64. The van der Waals surface area contributed by atoms with Gasteiger partial charge in [0.2, 0.25) is 12.6 Å². The van der Waals surface area contributed by atoms with Crippen molar-refractivity contribution in [2.75, 3.05) is 6.79 Å². The Balaban J connectivity index is 1.54. The van der Waals surface area contributed by atoms with Crippen molar-refractivity contribution in [1.82, 2.24) is 19.5 Å². The zero-order chi connectivity index (χ0) is 15.4. The molecule has 0 spiro atoms. The highest BCUT2D eigenvalue weighted by Gasteiger charge is 2.18. The van der Waals surface area contributed by atoms with E-state index in [1.54, 1.807) is 6.20 Å². The number of benzene rings is 1. The minimum absolute atomic E-state index is 0.236. The first kappa shape index (κ1) is 13.1. The molecule has 0 atom stereocenters. The molecule has 3 aromatic heterocycles. The van der Waals surface area contributed by atoms with Gasteiger partial charge in [-0.1, -0.05) is 16.5 Å². The van der Waals surface area contributed by atoms with Gasteiger partial charge in [0.1, 0.15) is 9.48 Å². The Hall–Kier alpha value is -2.39. The van der Waals surface area contributed by atoms with E-state index < -0.39 is 0 Å². The van der Waals surface area contributed by atoms with Crippen LogP contribution in [0.2, 0.25) is 0 Å². The third-order valence-corrected chi connectivity index (χ3v) is 5.00. The van der Waals surface area contributed by atoms with Gasteiger partial charge in [-0.2, -0.15) is 4.98 Å². The van der Waals surface area contributed by atoms with Crippen molar-refractivity contribution in [3.8, 4) is 33.7 Å². The van der Waals surface area contributed by atoms with Gasteiger partial charge < -0.3 is 14.0 Å². The standard InChI is InChI=1S/C14H7BrN4O3S/c15-11-4-16-14-19(11)5-10(23-14)13-17-12(18-22-13)7-1-2-8-9(3-7)21-6-20-8/h1-5H,6H2. The van der Waals surface area contributed by atoms with E-state index in [1.165, 1.54) is 11.3 Å². The van der Waals surface area contributed by atoms with Crippen molar-refractivity contribution in [3.05, 3.63) is 35.2 Å². The maximum Gasteiger partial charge on any atom is 0.269 e. The summed E-state index contributed by atoms with van der Waals surface area (Å²) in [5, 5.41) is 4.05. The van der Waals surface area contributed by atoms with Crippen LogP contribution in [0.5, 0.6) is 11.5 Å². The largest absolute Gasteiger partial charge is 0.454 e. The lowest BCUT2D eigenvalue weighted by molar-refractivity contribution is 0.174. The zero-order valence-electron chi connectivity index (χ0n) is 11.4. The molecule has 0 radical (unpaired) electrons. The molecule has 0 N–H and O–H groups in total. The maximum absolute atomic E-state index is 5.38. The van der Waals surface area contributed by atoms with Crippen LogP contribution in [0.25, 0.3) is 27.1 Å². The van der Waals surface area contributed by atoms with Gasteiger partial charge in [0.05, 0.1) is 6.20 Å². The van der Waals surface area contributed by atoms with Crippen molar-refractivity contribution in [2.24, 2.45) is 0 Å². The Morgan fingerprint density at radius 2 is 2.13 bits per heavy atom. The SMILES string of the molecule is Brc1cnc2sc(-c3nc(-c4ccc5c(c4)OCO5)no3)cn12. The molecule has 0 bridgehead atoms. The molecule has 9 heteroatoms. The summed E-state index contributed by atoms with van der Waals surface area (Å²) < 4.78 is 18.9. The molecular formula is C14H7BrN4O3S. The highest BCUT2D eigenvalue weighted by Crippen LogP contribution is 2.36. The third kappa shape index (κ3) is 2.04. The van der Waals surface area contributed by atoms with Crippen molar-refractivity contribution < 1.29 is 14.0 Å². The number of rotatable bonds is 2. The summed E-state index contributed by atoms with van der Waals surface area (Å²) >= 11 is 4.92. The van der Waals surface area contributed by atoms with Gasteiger partial charge in [-0.3, -0.25) is 4.40 Å².